The van der Waals surface area contributed by atoms with Crippen LogP contribution in [0.2, 0.25) is 5.02 Å². The van der Waals surface area contributed by atoms with Crippen LogP contribution in [0.25, 0.3) is 0 Å². The Morgan fingerprint density at radius 3 is 2.53 bits per heavy atom. The molecule has 0 aliphatic rings. The molecule has 15 heavy (non-hydrogen) atoms. The molecule has 0 bridgehead atoms. The second-order valence-electron chi connectivity index (χ2n) is 3.90. The van der Waals surface area contributed by atoms with Gasteiger partial charge in [0.25, 0.3) is 0 Å². The number of benzene rings is 1. The largest absolute Gasteiger partial charge is 0.124 e. The van der Waals surface area contributed by atoms with E-state index in [0.717, 1.165) is 16.1 Å². The third-order valence-electron chi connectivity index (χ3n) is 2.43. The Hall–Kier alpha value is 0.340. The fourth-order valence-corrected chi connectivity index (χ4v) is 4.03. The molecule has 0 aliphatic heterocycles. The fraction of sp³-hybridized carbons (Fsp3) is 0.500. The van der Waals surface area contributed by atoms with E-state index in [1.54, 1.807) is 0 Å². The highest BCUT2D eigenvalue weighted by molar-refractivity contribution is 9.09. The SMILES string of the molecule is CC(C)C(CBr)CSc1ccccc1Cl. The molecule has 0 saturated heterocycles. The van der Waals surface area contributed by atoms with Crippen molar-refractivity contribution in [3.8, 4) is 0 Å². The van der Waals surface area contributed by atoms with Crippen molar-refractivity contribution in [2.24, 2.45) is 11.8 Å². The van der Waals surface area contributed by atoms with Crippen molar-refractivity contribution in [3.05, 3.63) is 29.3 Å². The van der Waals surface area contributed by atoms with Gasteiger partial charge in [0.1, 0.15) is 0 Å². The van der Waals surface area contributed by atoms with Gasteiger partial charge in [0, 0.05) is 16.0 Å². The van der Waals surface area contributed by atoms with Crippen LogP contribution in [0, 0.1) is 11.8 Å². The van der Waals surface area contributed by atoms with Crippen LogP contribution in [-0.4, -0.2) is 11.1 Å². The van der Waals surface area contributed by atoms with Crippen molar-refractivity contribution in [2.75, 3.05) is 11.1 Å². The highest BCUT2D eigenvalue weighted by atomic mass is 79.9. The number of hydrogen-bond acceptors (Lipinski definition) is 1. The van der Waals surface area contributed by atoms with E-state index in [-0.39, 0.29) is 0 Å². The first-order chi connectivity index (χ1) is 7.15. The normalized spacial score (nSPS) is 13.1. The summed E-state index contributed by atoms with van der Waals surface area (Å²) in [7, 11) is 0. The summed E-state index contributed by atoms with van der Waals surface area (Å²) < 4.78 is 0. The minimum absolute atomic E-state index is 0.700. The van der Waals surface area contributed by atoms with Gasteiger partial charge in [-0.1, -0.05) is 53.5 Å². The van der Waals surface area contributed by atoms with E-state index in [4.69, 9.17) is 11.6 Å². The third-order valence-corrected chi connectivity index (χ3v) is 4.97. The smallest absolute Gasteiger partial charge is 0.0541 e. The topological polar surface area (TPSA) is 0 Å². The lowest BCUT2D eigenvalue weighted by Crippen LogP contribution is -2.12. The molecule has 0 N–H and O–H groups in total. The van der Waals surface area contributed by atoms with Gasteiger partial charge in [-0.15, -0.1) is 11.8 Å². The van der Waals surface area contributed by atoms with Crippen LogP contribution in [0.1, 0.15) is 13.8 Å². The first-order valence-corrected chi connectivity index (χ1v) is 7.57. The van der Waals surface area contributed by atoms with E-state index in [9.17, 15) is 0 Å². The monoisotopic (exact) mass is 306 g/mol. The molecule has 1 aromatic rings. The molecule has 0 heterocycles. The maximum absolute atomic E-state index is 6.10. The first-order valence-electron chi connectivity index (χ1n) is 5.08. The summed E-state index contributed by atoms with van der Waals surface area (Å²) in [5.74, 6) is 2.53. The first kappa shape index (κ1) is 13.4. The zero-order valence-electron chi connectivity index (χ0n) is 9.04. The molecule has 0 saturated carbocycles. The number of thioether (sulfide) groups is 1. The molecular formula is C12H16BrClS. The molecule has 84 valence electrons. The molecule has 1 unspecified atom stereocenters. The molecular weight excluding hydrogens is 292 g/mol. The molecule has 0 aliphatic carbocycles. The average molecular weight is 308 g/mol. The zero-order chi connectivity index (χ0) is 11.3. The van der Waals surface area contributed by atoms with Gasteiger partial charge in [0.05, 0.1) is 5.02 Å². The summed E-state index contributed by atoms with van der Waals surface area (Å²) in [4.78, 5) is 1.19. The van der Waals surface area contributed by atoms with E-state index in [2.05, 4.69) is 35.8 Å². The van der Waals surface area contributed by atoms with Crippen LogP contribution in [0.5, 0.6) is 0 Å². The molecule has 1 aromatic carbocycles. The molecule has 0 fully saturated rings. The lowest BCUT2D eigenvalue weighted by molar-refractivity contribution is 0.474. The second-order valence-corrected chi connectivity index (χ2v) is 6.02. The number of alkyl halides is 1. The van der Waals surface area contributed by atoms with Gasteiger partial charge in [-0.3, -0.25) is 0 Å². The van der Waals surface area contributed by atoms with Crippen molar-refractivity contribution in [3.63, 3.8) is 0 Å². The van der Waals surface area contributed by atoms with E-state index in [1.807, 2.05) is 30.0 Å². The third kappa shape index (κ3) is 4.38. The van der Waals surface area contributed by atoms with Crippen LogP contribution in [-0.2, 0) is 0 Å². The van der Waals surface area contributed by atoms with Crippen molar-refractivity contribution in [1.29, 1.82) is 0 Å². The minimum atomic E-state index is 0.700. The van der Waals surface area contributed by atoms with Gasteiger partial charge in [0.2, 0.25) is 0 Å². The summed E-state index contributed by atoms with van der Waals surface area (Å²) in [5.41, 5.74) is 0. The van der Waals surface area contributed by atoms with Crippen LogP contribution in [0.4, 0.5) is 0 Å². The Bertz CT molecular complexity index is 301. The van der Waals surface area contributed by atoms with Gasteiger partial charge in [0.15, 0.2) is 0 Å². The van der Waals surface area contributed by atoms with E-state index in [1.165, 1.54) is 4.90 Å². The van der Waals surface area contributed by atoms with Gasteiger partial charge in [-0.05, 0) is 24.0 Å². The second kappa shape index (κ2) is 6.82. The Kier molecular flexibility index (Phi) is 6.10. The summed E-state index contributed by atoms with van der Waals surface area (Å²) in [5, 5.41) is 1.92. The molecule has 3 heteroatoms. The summed E-state index contributed by atoms with van der Waals surface area (Å²) in [6.45, 7) is 4.53. The lowest BCUT2D eigenvalue weighted by Gasteiger charge is -2.17. The molecule has 1 rings (SSSR count). The van der Waals surface area contributed by atoms with Crippen LogP contribution in [0.15, 0.2) is 29.2 Å². The molecule has 1 atom stereocenters. The number of halogens is 2. The summed E-state index contributed by atoms with van der Waals surface area (Å²) in [6, 6.07) is 8.03. The van der Waals surface area contributed by atoms with Crippen molar-refractivity contribution in [1.82, 2.24) is 0 Å². The lowest BCUT2D eigenvalue weighted by atomic mass is 10.0. The predicted octanol–water partition coefficient (Wildman–Crippen LogP) is 5.10. The predicted molar refractivity (Wildman–Crippen MR) is 74.3 cm³/mol. The van der Waals surface area contributed by atoms with Crippen LogP contribution >= 0.6 is 39.3 Å². The highest BCUT2D eigenvalue weighted by Gasteiger charge is 2.12. The average Bonchev–Trinajstić information content (AvgIpc) is 2.21. The van der Waals surface area contributed by atoms with Crippen LogP contribution in [0.3, 0.4) is 0 Å². The Labute approximate surface area is 110 Å². The van der Waals surface area contributed by atoms with Crippen LogP contribution < -0.4 is 0 Å². The number of rotatable bonds is 5. The van der Waals surface area contributed by atoms with E-state index < -0.39 is 0 Å². The van der Waals surface area contributed by atoms with Gasteiger partial charge in [-0.25, -0.2) is 0 Å². The maximum Gasteiger partial charge on any atom is 0.0541 e. The Morgan fingerprint density at radius 2 is 2.00 bits per heavy atom. The van der Waals surface area contributed by atoms with Gasteiger partial charge < -0.3 is 0 Å². The van der Waals surface area contributed by atoms with E-state index >= 15 is 0 Å². The molecule has 0 nitrogen and oxygen atoms in total. The molecule has 0 spiro atoms. The maximum atomic E-state index is 6.10. The zero-order valence-corrected chi connectivity index (χ0v) is 12.2. The molecule has 0 aromatic heterocycles. The molecule has 0 amide bonds. The van der Waals surface area contributed by atoms with Crippen molar-refractivity contribution < 1.29 is 0 Å². The fourth-order valence-electron chi connectivity index (χ4n) is 1.17. The summed E-state index contributed by atoms with van der Waals surface area (Å²) in [6.07, 6.45) is 0. The van der Waals surface area contributed by atoms with Crippen molar-refractivity contribution in [2.45, 2.75) is 18.7 Å². The standard InChI is InChI=1S/C12H16BrClS/c1-9(2)10(7-13)8-15-12-6-4-3-5-11(12)14/h3-6,9-10H,7-8H2,1-2H3. The van der Waals surface area contributed by atoms with Crippen molar-refractivity contribution >= 4 is 39.3 Å². The van der Waals surface area contributed by atoms with Gasteiger partial charge >= 0.3 is 0 Å². The number of hydrogen-bond donors (Lipinski definition) is 0. The Balaban J connectivity index is 2.53. The minimum Gasteiger partial charge on any atom is -0.124 e. The summed E-state index contributed by atoms with van der Waals surface area (Å²) >= 11 is 11.5. The van der Waals surface area contributed by atoms with E-state index in [0.29, 0.717) is 11.8 Å². The highest BCUT2D eigenvalue weighted by Crippen LogP contribution is 2.30. The van der Waals surface area contributed by atoms with Gasteiger partial charge in [-0.2, -0.15) is 0 Å². The molecule has 0 radical (unpaired) electrons. The Morgan fingerprint density at radius 1 is 1.33 bits per heavy atom. The quantitative estimate of drug-likeness (QED) is 0.539.